The van der Waals surface area contributed by atoms with Crippen LogP contribution in [0.4, 0.5) is 0 Å². The minimum Gasteiger partial charge on any atom is -0.485 e. The zero-order valence-corrected chi connectivity index (χ0v) is 16.4. The van der Waals surface area contributed by atoms with Crippen LogP contribution in [-0.4, -0.2) is 19.8 Å². The van der Waals surface area contributed by atoms with Crippen molar-refractivity contribution in [1.82, 2.24) is 19.8 Å². The molecule has 0 spiro atoms. The number of fused-ring (bicyclic) bond motifs is 1. The molecule has 0 bridgehead atoms. The van der Waals surface area contributed by atoms with E-state index in [2.05, 4.69) is 21.4 Å². The zero-order valence-electron chi connectivity index (χ0n) is 14.8. The van der Waals surface area contributed by atoms with Gasteiger partial charge in [0.25, 0.3) is 0 Å². The summed E-state index contributed by atoms with van der Waals surface area (Å²) in [6, 6.07) is 13.5. The molecule has 0 saturated heterocycles. The summed E-state index contributed by atoms with van der Waals surface area (Å²) < 4.78 is 13.4. The third kappa shape index (κ3) is 3.89. The Hall–Kier alpha value is -2.64. The molecule has 0 fully saturated rings. The van der Waals surface area contributed by atoms with Crippen molar-refractivity contribution >= 4 is 27.9 Å². The molecule has 0 saturated carbocycles. The van der Waals surface area contributed by atoms with Crippen LogP contribution in [0.3, 0.4) is 0 Å². The van der Waals surface area contributed by atoms with Gasteiger partial charge in [0.05, 0.1) is 5.02 Å². The summed E-state index contributed by atoms with van der Waals surface area (Å²) in [5.41, 5.74) is 2.23. The Labute approximate surface area is 165 Å². The molecule has 0 aliphatic rings. The van der Waals surface area contributed by atoms with Gasteiger partial charge in [0, 0.05) is 0 Å². The van der Waals surface area contributed by atoms with E-state index in [4.69, 9.17) is 21.1 Å². The van der Waals surface area contributed by atoms with Crippen LogP contribution in [0.25, 0.3) is 4.96 Å². The number of hydrogen-bond donors (Lipinski definition) is 0. The Morgan fingerprint density at radius 2 is 1.81 bits per heavy atom. The van der Waals surface area contributed by atoms with Crippen LogP contribution >= 0.6 is 22.9 Å². The molecule has 2 aromatic carbocycles. The lowest BCUT2D eigenvalue weighted by molar-refractivity contribution is 0.288. The summed E-state index contributed by atoms with van der Waals surface area (Å²) in [6.45, 7) is 4.66. The standard InChI is InChI=1S/C19H17ClN4O2S/c1-12-7-8-13(2)16(9-12)25-10-17-21-22-19-24(17)23-18(27-19)11-26-15-6-4-3-5-14(15)20/h3-9H,10-11H2,1-2H3. The number of rotatable bonds is 6. The molecular weight excluding hydrogens is 384 g/mol. The molecule has 0 amide bonds. The number of para-hydroxylation sites is 1. The van der Waals surface area contributed by atoms with E-state index in [1.807, 2.05) is 44.2 Å². The number of aromatic nitrogens is 4. The number of hydrogen-bond acceptors (Lipinski definition) is 6. The molecule has 27 heavy (non-hydrogen) atoms. The van der Waals surface area contributed by atoms with Crippen molar-refractivity contribution < 1.29 is 9.47 Å². The Morgan fingerprint density at radius 3 is 2.67 bits per heavy atom. The highest BCUT2D eigenvalue weighted by Gasteiger charge is 2.13. The van der Waals surface area contributed by atoms with Crippen LogP contribution in [0.15, 0.2) is 42.5 Å². The third-order valence-electron chi connectivity index (χ3n) is 3.99. The van der Waals surface area contributed by atoms with Crippen LogP contribution in [0.1, 0.15) is 22.0 Å². The Balaban J connectivity index is 1.47. The lowest BCUT2D eigenvalue weighted by Gasteiger charge is -2.08. The highest BCUT2D eigenvalue weighted by Crippen LogP contribution is 2.25. The van der Waals surface area contributed by atoms with Crippen LogP contribution < -0.4 is 9.47 Å². The molecule has 0 unspecified atom stereocenters. The summed E-state index contributed by atoms with van der Waals surface area (Å²) >= 11 is 7.54. The number of nitrogens with zero attached hydrogens (tertiary/aromatic N) is 4. The Morgan fingerprint density at radius 1 is 1.00 bits per heavy atom. The number of benzene rings is 2. The van der Waals surface area contributed by atoms with E-state index in [1.165, 1.54) is 11.3 Å². The smallest absolute Gasteiger partial charge is 0.234 e. The average Bonchev–Trinajstić information content (AvgIpc) is 3.22. The maximum Gasteiger partial charge on any atom is 0.234 e. The van der Waals surface area contributed by atoms with Gasteiger partial charge in [0.1, 0.15) is 24.7 Å². The van der Waals surface area contributed by atoms with Crippen molar-refractivity contribution in [2.75, 3.05) is 0 Å². The molecule has 0 radical (unpaired) electrons. The normalized spacial score (nSPS) is 11.1. The number of ether oxygens (including phenoxy) is 2. The first kappa shape index (κ1) is 17.8. The topological polar surface area (TPSA) is 61.5 Å². The van der Waals surface area contributed by atoms with E-state index in [0.717, 1.165) is 21.9 Å². The van der Waals surface area contributed by atoms with Crippen LogP contribution in [0.5, 0.6) is 11.5 Å². The van der Waals surface area contributed by atoms with Gasteiger partial charge in [-0.3, -0.25) is 0 Å². The zero-order chi connectivity index (χ0) is 18.8. The monoisotopic (exact) mass is 400 g/mol. The summed E-state index contributed by atoms with van der Waals surface area (Å²) in [5.74, 6) is 2.11. The number of aryl methyl sites for hydroxylation is 2. The summed E-state index contributed by atoms with van der Waals surface area (Å²) in [5, 5.41) is 14.2. The first-order valence-corrected chi connectivity index (χ1v) is 9.57. The van der Waals surface area contributed by atoms with Gasteiger partial charge >= 0.3 is 0 Å². The highest BCUT2D eigenvalue weighted by molar-refractivity contribution is 7.16. The van der Waals surface area contributed by atoms with Crippen molar-refractivity contribution in [3.05, 3.63) is 69.4 Å². The molecule has 4 rings (SSSR count). The molecule has 0 N–H and O–H groups in total. The quantitative estimate of drug-likeness (QED) is 0.472. The van der Waals surface area contributed by atoms with E-state index in [-0.39, 0.29) is 0 Å². The first-order valence-electron chi connectivity index (χ1n) is 8.37. The molecule has 0 aliphatic carbocycles. The predicted molar refractivity (Wildman–Crippen MR) is 105 cm³/mol. The van der Waals surface area contributed by atoms with Crippen molar-refractivity contribution in [2.24, 2.45) is 0 Å². The van der Waals surface area contributed by atoms with Gasteiger partial charge in [0.15, 0.2) is 10.8 Å². The van der Waals surface area contributed by atoms with E-state index in [9.17, 15) is 0 Å². The van der Waals surface area contributed by atoms with Gasteiger partial charge < -0.3 is 9.47 Å². The molecule has 2 heterocycles. The maximum atomic E-state index is 6.11. The van der Waals surface area contributed by atoms with Gasteiger partial charge in [-0.15, -0.1) is 10.2 Å². The van der Waals surface area contributed by atoms with Crippen molar-refractivity contribution in [3.63, 3.8) is 0 Å². The fraction of sp³-hybridized carbons (Fsp3) is 0.211. The van der Waals surface area contributed by atoms with E-state index >= 15 is 0 Å². The van der Waals surface area contributed by atoms with Crippen LogP contribution in [0, 0.1) is 13.8 Å². The minimum absolute atomic E-state index is 0.292. The molecule has 0 atom stereocenters. The highest BCUT2D eigenvalue weighted by atomic mass is 35.5. The second kappa shape index (κ2) is 7.54. The average molecular weight is 401 g/mol. The van der Waals surface area contributed by atoms with E-state index in [0.29, 0.717) is 34.8 Å². The Kier molecular flexibility index (Phi) is 4.96. The predicted octanol–water partition coefficient (Wildman–Crippen LogP) is 4.61. The van der Waals surface area contributed by atoms with Gasteiger partial charge in [-0.25, -0.2) is 0 Å². The van der Waals surface area contributed by atoms with Gasteiger partial charge in [-0.1, -0.05) is 47.2 Å². The van der Waals surface area contributed by atoms with Crippen molar-refractivity contribution in [2.45, 2.75) is 27.1 Å². The minimum atomic E-state index is 0.292. The van der Waals surface area contributed by atoms with Crippen LogP contribution in [0.2, 0.25) is 5.02 Å². The maximum absolute atomic E-state index is 6.11. The third-order valence-corrected chi connectivity index (χ3v) is 5.17. The fourth-order valence-electron chi connectivity index (χ4n) is 2.55. The van der Waals surface area contributed by atoms with Gasteiger partial charge in [0.2, 0.25) is 4.96 Å². The van der Waals surface area contributed by atoms with Gasteiger partial charge in [-0.05, 0) is 43.2 Å². The summed E-state index contributed by atoms with van der Waals surface area (Å²) in [7, 11) is 0. The molecule has 8 heteroatoms. The Bertz CT molecular complexity index is 1090. The van der Waals surface area contributed by atoms with E-state index in [1.54, 1.807) is 10.6 Å². The second-order valence-corrected chi connectivity index (χ2v) is 7.53. The van der Waals surface area contributed by atoms with Crippen molar-refractivity contribution in [3.8, 4) is 11.5 Å². The largest absolute Gasteiger partial charge is 0.485 e. The second-order valence-electron chi connectivity index (χ2n) is 6.08. The van der Waals surface area contributed by atoms with Crippen LogP contribution in [-0.2, 0) is 13.2 Å². The molecule has 0 aliphatic heterocycles. The van der Waals surface area contributed by atoms with Gasteiger partial charge in [-0.2, -0.15) is 9.61 Å². The van der Waals surface area contributed by atoms with E-state index < -0.39 is 0 Å². The lowest BCUT2D eigenvalue weighted by Crippen LogP contribution is -2.04. The molecule has 138 valence electrons. The molecular formula is C19H17ClN4O2S. The first-order chi connectivity index (χ1) is 13.1. The van der Waals surface area contributed by atoms with Crippen molar-refractivity contribution in [1.29, 1.82) is 0 Å². The summed E-state index contributed by atoms with van der Waals surface area (Å²) in [4.78, 5) is 0.701. The number of halogens is 1. The summed E-state index contributed by atoms with van der Waals surface area (Å²) in [6.07, 6.45) is 0. The molecule has 6 nitrogen and oxygen atoms in total. The molecule has 4 aromatic rings. The molecule has 2 aromatic heterocycles. The lowest BCUT2D eigenvalue weighted by atomic mass is 10.1. The SMILES string of the molecule is Cc1ccc(C)c(OCc2nnc3sc(COc4ccccc4Cl)nn23)c1. The fourth-order valence-corrected chi connectivity index (χ4v) is 3.51.